The van der Waals surface area contributed by atoms with Crippen molar-refractivity contribution in [2.24, 2.45) is 0 Å². The van der Waals surface area contributed by atoms with Gasteiger partial charge < -0.3 is 10.2 Å². The molecule has 3 rings (SSSR count). The van der Waals surface area contributed by atoms with Crippen molar-refractivity contribution in [2.75, 3.05) is 18.0 Å². The summed E-state index contributed by atoms with van der Waals surface area (Å²) in [6, 6.07) is 9.24. The van der Waals surface area contributed by atoms with Crippen molar-refractivity contribution in [3.63, 3.8) is 0 Å². The SMILES string of the molecule is O=C(NCc1nccc(N2CCCCC2)n1)c1cccc(Br)c1. The molecular formula is C17H19BrN4O. The molecule has 0 bridgehead atoms. The normalized spacial score (nSPS) is 14.6. The molecule has 0 aliphatic carbocycles. The third-order valence-electron chi connectivity index (χ3n) is 3.86. The third kappa shape index (κ3) is 4.28. The molecule has 2 heterocycles. The van der Waals surface area contributed by atoms with Crippen molar-refractivity contribution in [1.29, 1.82) is 0 Å². The number of aromatic nitrogens is 2. The van der Waals surface area contributed by atoms with E-state index < -0.39 is 0 Å². The summed E-state index contributed by atoms with van der Waals surface area (Å²) in [6.45, 7) is 2.41. The summed E-state index contributed by atoms with van der Waals surface area (Å²) in [5, 5.41) is 2.87. The average molecular weight is 375 g/mol. The minimum absolute atomic E-state index is 0.127. The molecular weight excluding hydrogens is 356 g/mol. The number of halogens is 1. The standard InChI is InChI=1S/C17H19BrN4O/c18-14-6-4-5-13(11-14)17(23)20-12-15-19-8-7-16(21-15)22-9-2-1-3-10-22/h4-8,11H,1-3,9-10,12H2,(H,20,23). The van der Waals surface area contributed by atoms with Gasteiger partial charge in [0.05, 0.1) is 6.54 Å². The molecule has 23 heavy (non-hydrogen) atoms. The zero-order chi connectivity index (χ0) is 16.1. The Balaban J connectivity index is 1.63. The molecule has 0 spiro atoms. The van der Waals surface area contributed by atoms with Crippen LogP contribution in [0.2, 0.25) is 0 Å². The quantitative estimate of drug-likeness (QED) is 0.892. The van der Waals surface area contributed by atoms with Gasteiger partial charge in [0.15, 0.2) is 0 Å². The molecule has 1 N–H and O–H groups in total. The van der Waals surface area contributed by atoms with Crippen LogP contribution < -0.4 is 10.2 Å². The topological polar surface area (TPSA) is 58.1 Å². The highest BCUT2D eigenvalue weighted by Gasteiger charge is 2.13. The predicted octanol–water partition coefficient (Wildman–Crippen LogP) is 3.16. The lowest BCUT2D eigenvalue weighted by Crippen LogP contribution is -2.31. The molecule has 2 aromatic rings. The molecule has 1 aromatic heterocycles. The van der Waals surface area contributed by atoms with Crippen molar-refractivity contribution < 1.29 is 4.79 Å². The fraction of sp³-hybridized carbons (Fsp3) is 0.353. The van der Waals surface area contributed by atoms with Crippen LogP contribution in [0, 0.1) is 0 Å². The zero-order valence-electron chi connectivity index (χ0n) is 12.8. The molecule has 0 radical (unpaired) electrons. The number of hydrogen-bond acceptors (Lipinski definition) is 4. The molecule has 1 saturated heterocycles. The minimum Gasteiger partial charge on any atom is -0.357 e. The second-order valence-corrected chi connectivity index (χ2v) is 6.49. The van der Waals surface area contributed by atoms with Gasteiger partial charge in [-0.2, -0.15) is 0 Å². The first-order valence-electron chi connectivity index (χ1n) is 7.83. The van der Waals surface area contributed by atoms with E-state index in [1.807, 2.05) is 18.2 Å². The Morgan fingerprint density at radius 1 is 1.22 bits per heavy atom. The highest BCUT2D eigenvalue weighted by molar-refractivity contribution is 9.10. The number of nitrogens with one attached hydrogen (secondary N) is 1. The lowest BCUT2D eigenvalue weighted by molar-refractivity contribution is 0.0950. The van der Waals surface area contributed by atoms with E-state index in [0.717, 1.165) is 23.4 Å². The summed E-state index contributed by atoms with van der Waals surface area (Å²) < 4.78 is 0.883. The molecule has 1 amide bonds. The highest BCUT2D eigenvalue weighted by atomic mass is 79.9. The maximum absolute atomic E-state index is 12.2. The van der Waals surface area contributed by atoms with Gasteiger partial charge in [-0.3, -0.25) is 4.79 Å². The first-order valence-corrected chi connectivity index (χ1v) is 8.62. The molecule has 0 unspecified atom stereocenters. The number of piperidine rings is 1. The Morgan fingerprint density at radius 3 is 2.83 bits per heavy atom. The van der Waals surface area contributed by atoms with Crippen LogP contribution >= 0.6 is 15.9 Å². The van der Waals surface area contributed by atoms with Crippen molar-refractivity contribution >= 4 is 27.7 Å². The number of anilines is 1. The monoisotopic (exact) mass is 374 g/mol. The molecule has 1 fully saturated rings. The first-order chi connectivity index (χ1) is 11.2. The van der Waals surface area contributed by atoms with Gasteiger partial charge >= 0.3 is 0 Å². The lowest BCUT2D eigenvalue weighted by atomic mass is 10.1. The van der Waals surface area contributed by atoms with Gasteiger partial charge in [-0.1, -0.05) is 22.0 Å². The van der Waals surface area contributed by atoms with E-state index in [1.165, 1.54) is 19.3 Å². The molecule has 1 aliphatic rings. The summed E-state index contributed by atoms with van der Waals surface area (Å²) >= 11 is 3.37. The first kappa shape index (κ1) is 15.9. The fourth-order valence-corrected chi connectivity index (χ4v) is 3.06. The Morgan fingerprint density at radius 2 is 2.04 bits per heavy atom. The maximum atomic E-state index is 12.2. The second kappa shape index (κ2) is 7.55. The Bertz CT molecular complexity index is 686. The van der Waals surface area contributed by atoms with Crippen molar-refractivity contribution in [3.8, 4) is 0 Å². The van der Waals surface area contributed by atoms with E-state index in [1.54, 1.807) is 18.3 Å². The molecule has 120 valence electrons. The summed E-state index contributed by atoms with van der Waals surface area (Å²) in [6.07, 6.45) is 5.46. The zero-order valence-corrected chi connectivity index (χ0v) is 14.4. The van der Waals surface area contributed by atoms with Gasteiger partial charge in [0.2, 0.25) is 0 Å². The van der Waals surface area contributed by atoms with Crippen LogP contribution in [0.4, 0.5) is 5.82 Å². The van der Waals surface area contributed by atoms with Crippen LogP contribution in [-0.2, 0) is 6.54 Å². The number of benzene rings is 1. The minimum atomic E-state index is -0.127. The molecule has 0 atom stereocenters. The smallest absolute Gasteiger partial charge is 0.251 e. The Kier molecular flexibility index (Phi) is 5.23. The number of rotatable bonds is 4. The van der Waals surface area contributed by atoms with Crippen molar-refractivity contribution in [3.05, 3.63) is 52.4 Å². The van der Waals surface area contributed by atoms with Crippen LogP contribution in [-0.4, -0.2) is 29.0 Å². The van der Waals surface area contributed by atoms with Gasteiger partial charge in [0.25, 0.3) is 5.91 Å². The molecule has 6 heteroatoms. The molecule has 0 saturated carbocycles. The summed E-state index contributed by atoms with van der Waals surface area (Å²) in [4.78, 5) is 23.3. The van der Waals surface area contributed by atoms with E-state index in [-0.39, 0.29) is 5.91 Å². The third-order valence-corrected chi connectivity index (χ3v) is 4.36. The second-order valence-electron chi connectivity index (χ2n) is 5.57. The number of carbonyl (C=O) groups excluding carboxylic acids is 1. The van der Waals surface area contributed by atoms with E-state index in [0.29, 0.717) is 17.9 Å². The van der Waals surface area contributed by atoms with Gasteiger partial charge in [0.1, 0.15) is 11.6 Å². The van der Waals surface area contributed by atoms with Crippen molar-refractivity contribution in [1.82, 2.24) is 15.3 Å². The van der Waals surface area contributed by atoms with Crippen LogP contribution in [0.25, 0.3) is 0 Å². The fourth-order valence-electron chi connectivity index (χ4n) is 2.66. The van der Waals surface area contributed by atoms with Crippen molar-refractivity contribution in [2.45, 2.75) is 25.8 Å². The van der Waals surface area contributed by atoms with E-state index >= 15 is 0 Å². The van der Waals surface area contributed by atoms with Gasteiger partial charge in [-0.15, -0.1) is 0 Å². The number of nitrogens with zero attached hydrogens (tertiary/aromatic N) is 3. The van der Waals surface area contributed by atoms with E-state index in [2.05, 4.69) is 36.1 Å². The van der Waals surface area contributed by atoms with E-state index in [9.17, 15) is 4.79 Å². The summed E-state index contributed by atoms with van der Waals surface area (Å²) in [5.41, 5.74) is 0.617. The predicted molar refractivity (Wildman–Crippen MR) is 93.4 cm³/mol. The van der Waals surface area contributed by atoms with Crippen LogP contribution in [0.3, 0.4) is 0 Å². The number of carbonyl (C=O) groups is 1. The Labute approximate surface area is 144 Å². The van der Waals surface area contributed by atoms with Crippen LogP contribution in [0.5, 0.6) is 0 Å². The molecule has 1 aromatic carbocycles. The average Bonchev–Trinajstić information content (AvgIpc) is 2.61. The van der Waals surface area contributed by atoms with Gasteiger partial charge in [-0.25, -0.2) is 9.97 Å². The largest absolute Gasteiger partial charge is 0.357 e. The van der Waals surface area contributed by atoms with E-state index in [4.69, 9.17) is 0 Å². The summed E-state index contributed by atoms with van der Waals surface area (Å²) in [7, 11) is 0. The highest BCUT2D eigenvalue weighted by Crippen LogP contribution is 2.17. The van der Waals surface area contributed by atoms with Gasteiger partial charge in [-0.05, 0) is 43.5 Å². The van der Waals surface area contributed by atoms with Crippen LogP contribution in [0.1, 0.15) is 35.4 Å². The number of hydrogen-bond donors (Lipinski definition) is 1. The molecule has 1 aliphatic heterocycles. The summed E-state index contributed by atoms with van der Waals surface area (Å²) in [5.74, 6) is 1.46. The molecule has 5 nitrogen and oxygen atoms in total. The lowest BCUT2D eigenvalue weighted by Gasteiger charge is -2.27. The number of amides is 1. The maximum Gasteiger partial charge on any atom is 0.251 e. The van der Waals surface area contributed by atoms with Gasteiger partial charge in [0, 0.05) is 29.3 Å². The Hall–Kier alpha value is -1.95. The van der Waals surface area contributed by atoms with Crippen LogP contribution in [0.15, 0.2) is 41.0 Å².